The van der Waals surface area contributed by atoms with Gasteiger partial charge in [0.2, 0.25) is 0 Å². The van der Waals surface area contributed by atoms with Gasteiger partial charge in [-0.05, 0) is 83.3 Å². The number of benzene rings is 2. The summed E-state index contributed by atoms with van der Waals surface area (Å²) < 4.78 is 0. The van der Waals surface area contributed by atoms with Gasteiger partial charge < -0.3 is 15.1 Å². The van der Waals surface area contributed by atoms with E-state index < -0.39 is 0 Å². The van der Waals surface area contributed by atoms with Crippen LogP contribution in [0.3, 0.4) is 0 Å². The lowest BCUT2D eigenvalue weighted by atomic mass is 10.1. The van der Waals surface area contributed by atoms with E-state index in [0.29, 0.717) is 22.9 Å². The van der Waals surface area contributed by atoms with Gasteiger partial charge in [-0.25, -0.2) is 4.98 Å². The number of anilines is 2. The molecule has 1 unspecified atom stereocenters. The zero-order chi connectivity index (χ0) is 27.1. The number of nitrogens with zero attached hydrogens (tertiary/aromatic N) is 3. The summed E-state index contributed by atoms with van der Waals surface area (Å²) in [5, 5.41) is 5.68. The number of fused-ring (bicyclic) bond motifs is 2. The predicted octanol–water partition coefficient (Wildman–Crippen LogP) is 7.41. The molecule has 5 rings (SSSR count). The fourth-order valence-corrected chi connectivity index (χ4v) is 6.78. The van der Waals surface area contributed by atoms with E-state index in [-0.39, 0.29) is 5.78 Å². The summed E-state index contributed by atoms with van der Waals surface area (Å²) in [7, 11) is 4.21. The highest BCUT2D eigenvalue weighted by Crippen LogP contribution is 2.48. The van der Waals surface area contributed by atoms with E-state index in [2.05, 4.69) is 77.5 Å². The third-order valence-corrected chi connectivity index (χ3v) is 9.47. The second-order valence-electron chi connectivity index (χ2n) is 9.82. The Kier molecular flexibility index (Phi) is 10.6. The summed E-state index contributed by atoms with van der Waals surface area (Å²) in [6.07, 6.45) is 2.98. The summed E-state index contributed by atoms with van der Waals surface area (Å²) >= 11 is 9.45. The molecular formula is C30H37ClN4OS2. The van der Waals surface area contributed by atoms with Gasteiger partial charge in [-0.15, -0.1) is 11.8 Å². The van der Waals surface area contributed by atoms with Crippen molar-refractivity contribution < 1.29 is 4.79 Å². The van der Waals surface area contributed by atoms with Crippen molar-refractivity contribution in [1.82, 2.24) is 15.2 Å². The number of ketones is 1. The number of likely N-dealkylation sites (N-methyl/N-ethyl adjacent to an activating group) is 1. The molecule has 38 heavy (non-hydrogen) atoms. The first-order valence-electron chi connectivity index (χ1n) is 13.2. The van der Waals surface area contributed by atoms with Crippen molar-refractivity contribution in [3.8, 4) is 0 Å². The van der Waals surface area contributed by atoms with Crippen molar-refractivity contribution in [3.05, 3.63) is 71.4 Å². The normalized spacial score (nSPS) is 15.8. The van der Waals surface area contributed by atoms with Crippen LogP contribution in [0.2, 0.25) is 5.15 Å². The van der Waals surface area contributed by atoms with E-state index in [0.717, 1.165) is 35.9 Å². The van der Waals surface area contributed by atoms with Gasteiger partial charge >= 0.3 is 0 Å². The maximum atomic E-state index is 12.1. The number of thioether (sulfide) groups is 1. The number of Topliss-reactive ketones (excluding diaryl/α,β-unsaturated/α-hetero) is 1. The average molecular weight is 569 g/mol. The van der Waals surface area contributed by atoms with Gasteiger partial charge in [0.25, 0.3) is 0 Å². The van der Waals surface area contributed by atoms with Crippen molar-refractivity contribution in [3.63, 3.8) is 0 Å². The zero-order valence-corrected chi connectivity index (χ0v) is 25.0. The lowest BCUT2D eigenvalue weighted by Crippen LogP contribution is -2.37. The smallest absolute Gasteiger partial charge is 0.162 e. The number of hydrogen-bond acceptors (Lipinski definition) is 7. The van der Waals surface area contributed by atoms with Crippen molar-refractivity contribution >= 4 is 52.3 Å². The number of pyridine rings is 1. The largest absolute Gasteiger partial charge is 0.338 e. The number of rotatable bonds is 7. The number of carbonyl (C=O) groups excluding carboxylic acids is 1. The first-order valence-corrected chi connectivity index (χ1v) is 15.3. The van der Waals surface area contributed by atoms with Crippen LogP contribution in [-0.2, 0) is 0 Å². The molecule has 0 amide bonds. The fourth-order valence-electron chi connectivity index (χ4n) is 4.37. The number of piperidine rings is 1. The van der Waals surface area contributed by atoms with Crippen LogP contribution in [0.4, 0.5) is 11.4 Å². The Bertz CT molecular complexity index is 1230. The van der Waals surface area contributed by atoms with E-state index in [9.17, 15) is 4.79 Å². The van der Waals surface area contributed by atoms with E-state index >= 15 is 0 Å². The second-order valence-corrected chi connectivity index (χ2v) is 12.6. The van der Waals surface area contributed by atoms with Gasteiger partial charge in [0.05, 0.1) is 16.4 Å². The lowest BCUT2D eigenvalue weighted by molar-refractivity contribution is 0.0988. The van der Waals surface area contributed by atoms with E-state index in [4.69, 9.17) is 11.6 Å². The minimum Gasteiger partial charge on any atom is -0.338 e. The third-order valence-electron chi connectivity index (χ3n) is 6.86. The average Bonchev–Trinajstić information content (AvgIpc) is 2.93. The van der Waals surface area contributed by atoms with Crippen LogP contribution in [0.25, 0.3) is 0 Å². The maximum absolute atomic E-state index is 12.1. The minimum atomic E-state index is 0.197. The second kappa shape index (κ2) is 13.9. The standard InChI is InChI=1S/C20H24N2OS.C10H13ClN2S/c1-5-18(23)15-10-11-20-17(12-15)22(13-14(2)21(3)4)16-8-6-7-9-19(16)24-20;11-9-2-1-3-10(13-9)14-8-4-6-12-7-5-8/h6-12,14H,5,13H2,1-4H3;1-3,8,12H,4-7H2. The summed E-state index contributed by atoms with van der Waals surface area (Å²) in [5.74, 6) is 0.197. The van der Waals surface area contributed by atoms with Gasteiger partial charge in [0.15, 0.2) is 5.78 Å². The number of para-hydroxylation sites is 1. The van der Waals surface area contributed by atoms with Crippen LogP contribution in [0.15, 0.2) is 75.5 Å². The van der Waals surface area contributed by atoms with Crippen molar-refractivity contribution in [1.29, 1.82) is 0 Å². The van der Waals surface area contributed by atoms with Crippen molar-refractivity contribution in [2.24, 2.45) is 0 Å². The Morgan fingerprint density at radius 3 is 2.55 bits per heavy atom. The molecule has 3 aromatic rings. The fraction of sp³-hybridized carbons (Fsp3) is 0.400. The molecule has 0 bridgehead atoms. The van der Waals surface area contributed by atoms with Gasteiger partial charge in [0, 0.05) is 39.6 Å². The highest BCUT2D eigenvalue weighted by Gasteiger charge is 2.26. The minimum absolute atomic E-state index is 0.197. The van der Waals surface area contributed by atoms with Crippen LogP contribution >= 0.6 is 35.1 Å². The van der Waals surface area contributed by atoms with Crippen LogP contribution in [0, 0.1) is 0 Å². The molecule has 2 aliphatic rings. The lowest BCUT2D eigenvalue weighted by Gasteiger charge is -2.36. The predicted molar refractivity (Wildman–Crippen MR) is 163 cm³/mol. The quantitative estimate of drug-likeness (QED) is 0.235. The first kappa shape index (κ1) is 29.0. The van der Waals surface area contributed by atoms with E-state index in [1.807, 2.05) is 43.0 Å². The Balaban J connectivity index is 0.000000204. The number of halogens is 1. The number of aromatic nitrogens is 1. The molecule has 1 aromatic heterocycles. The molecule has 8 heteroatoms. The third kappa shape index (κ3) is 7.54. The molecule has 2 aromatic carbocycles. The maximum Gasteiger partial charge on any atom is 0.162 e. The summed E-state index contributed by atoms with van der Waals surface area (Å²) in [6.45, 7) is 7.28. The van der Waals surface area contributed by atoms with Crippen molar-refractivity contribution in [2.45, 2.75) is 59.2 Å². The molecule has 0 aliphatic carbocycles. The van der Waals surface area contributed by atoms with Crippen LogP contribution in [0.1, 0.15) is 43.5 Å². The highest BCUT2D eigenvalue weighted by molar-refractivity contribution is 8.00. The number of nitrogens with one attached hydrogen (secondary N) is 1. The Hall–Kier alpha value is -2.03. The zero-order valence-electron chi connectivity index (χ0n) is 22.6. The van der Waals surface area contributed by atoms with Gasteiger partial charge in [-0.1, -0.05) is 54.6 Å². The van der Waals surface area contributed by atoms with Gasteiger partial charge in [-0.3, -0.25) is 4.79 Å². The van der Waals surface area contributed by atoms with Crippen LogP contribution in [0.5, 0.6) is 0 Å². The van der Waals surface area contributed by atoms with Crippen LogP contribution in [-0.4, -0.2) is 60.7 Å². The SMILES string of the molecule is CCC(=O)c1ccc2c(c1)N(CC(C)N(C)C)c1ccccc1S2.Clc1cccc(SC2CCNCC2)n1. The molecule has 1 atom stereocenters. The summed E-state index contributed by atoms with van der Waals surface area (Å²) in [4.78, 5) is 23.5. The monoisotopic (exact) mass is 568 g/mol. The molecule has 5 nitrogen and oxygen atoms in total. The molecule has 1 fully saturated rings. The number of hydrogen-bond donors (Lipinski definition) is 1. The summed E-state index contributed by atoms with van der Waals surface area (Å²) in [6, 6.07) is 20.8. The van der Waals surface area contributed by atoms with Gasteiger partial charge in [0.1, 0.15) is 5.15 Å². The Morgan fingerprint density at radius 1 is 1.11 bits per heavy atom. The molecule has 1 N–H and O–H groups in total. The van der Waals surface area contributed by atoms with Gasteiger partial charge in [-0.2, -0.15) is 0 Å². The molecule has 0 radical (unpaired) electrons. The molecule has 0 saturated carbocycles. The molecule has 1 saturated heterocycles. The Morgan fingerprint density at radius 2 is 1.84 bits per heavy atom. The van der Waals surface area contributed by atoms with E-state index in [1.165, 1.54) is 28.3 Å². The topological polar surface area (TPSA) is 48.5 Å². The van der Waals surface area contributed by atoms with E-state index in [1.54, 1.807) is 11.8 Å². The first-order chi connectivity index (χ1) is 18.4. The van der Waals surface area contributed by atoms with Crippen LogP contribution < -0.4 is 10.2 Å². The van der Waals surface area contributed by atoms with Crippen molar-refractivity contribution in [2.75, 3.05) is 38.6 Å². The Labute approximate surface area is 240 Å². The molecule has 202 valence electrons. The molecule has 2 aliphatic heterocycles. The molecule has 0 spiro atoms. The number of carbonyl (C=O) groups is 1. The molecule has 3 heterocycles. The highest BCUT2D eigenvalue weighted by atomic mass is 35.5. The molecular weight excluding hydrogens is 532 g/mol. The summed E-state index contributed by atoms with van der Waals surface area (Å²) in [5.41, 5.74) is 3.18.